The molecule has 0 spiro atoms. The monoisotopic (exact) mass is 332 g/mol. The number of carbonyl (C=O) groups is 1. The molecule has 2 aromatic rings. The van der Waals surface area contributed by atoms with Gasteiger partial charge in [0.05, 0.1) is 17.8 Å². The highest BCUT2D eigenvalue weighted by Crippen LogP contribution is 2.33. The van der Waals surface area contributed by atoms with E-state index in [0.717, 1.165) is 35.5 Å². The minimum absolute atomic E-state index is 0.0353. The number of nitrogens with zero attached hydrogens (tertiary/aromatic N) is 3. The highest BCUT2D eigenvalue weighted by atomic mass is 32.1. The number of rotatable bonds is 5. The fourth-order valence-electron chi connectivity index (χ4n) is 3.20. The molecule has 1 aliphatic carbocycles. The lowest BCUT2D eigenvalue weighted by Gasteiger charge is -2.20. The summed E-state index contributed by atoms with van der Waals surface area (Å²) in [5.74, 6) is 0.393. The van der Waals surface area contributed by atoms with E-state index in [1.165, 1.54) is 24.1 Å². The van der Waals surface area contributed by atoms with Gasteiger partial charge >= 0.3 is 0 Å². The zero-order valence-corrected chi connectivity index (χ0v) is 14.7. The van der Waals surface area contributed by atoms with Crippen LogP contribution in [0.2, 0.25) is 0 Å². The van der Waals surface area contributed by atoms with Crippen LogP contribution in [0.4, 0.5) is 0 Å². The number of thiazole rings is 1. The third-order valence-electron chi connectivity index (χ3n) is 4.44. The van der Waals surface area contributed by atoms with Gasteiger partial charge < -0.3 is 5.32 Å². The number of nitrogens with one attached hydrogen (secondary N) is 1. The lowest BCUT2D eigenvalue weighted by Crippen LogP contribution is -2.24. The Labute approximate surface area is 141 Å². The largest absolute Gasteiger partial charge is 0.345 e. The molecular formula is C17H24N4OS. The Balaban J connectivity index is 1.69. The van der Waals surface area contributed by atoms with Gasteiger partial charge in [0.2, 0.25) is 0 Å². The van der Waals surface area contributed by atoms with Gasteiger partial charge in [-0.05, 0) is 19.3 Å². The van der Waals surface area contributed by atoms with Gasteiger partial charge in [-0.3, -0.25) is 9.48 Å². The number of aromatic nitrogens is 3. The Morgan fingerprint density at radius 2 is 2.17 bits per heavy atom. The first-order chi connectivity index (χ1) is 11.2. The van der Waals surface area contributed by atoms with Crippen LogP contribution < -0.4 is 5.32 Å². The summed E-state index contributed by atoms with van der Waals surface area (Å²) in [7, 11) is 1.89. The predicted octanol–water partition coefficient (Wildman–Crippen LogP) is 3.42. The molecule has 2 aromatic heterocycles. The minimum atomic E-state index is -0.0353. The van der Waals surface area contributed by atoms with Crippen molar-refractivity contribution >= 4 is 17.2 Å². The second kappa shape index (κ2) is 7.25. The third kappa shape index (κ3) is 3.80. The fraction of sp³-hybridized carbons (Fsp3) is 0.588. The van der Waals surface area contributed by atoms with Crippen LogP contribution in [0.25, 0.3) is 0 Å². The summed E-state index contributed by atoms with van der Waals surface area (Å²) in [6.07, 6.45) is 10.8. The van der Waals surface area contributed by atoms with Crippen LogP contribution in [-0.4, -0.2) is 20.7 Å². The lowest BCUT2D eigenvalue weighted by atomic mass is 9.85. The number of hydrogen-bond donors (Lipinski definition) is 1. The van der Waals surface area contributed by atoms with E-state index in [1.807, 2.05) is 19.4 Å². The molecule has 0 saturated heterocycles. The zero-order valence-electron chi connectivity index (χ0n) is 13.8. The van der Waals surface area contributed by atoms with Gasteiger partial charge in [0, 0.05) is 30.2 Å². The second-order valence-corrected chi connectivity index (χ2v) is 7.39. The van der Waals surface area contributed by atoms with Crippen LogP contribution in [-0.2, 0) is 20.0 Å². The van der Waals surface area contributed by atoms with Crippen LogP contribution in [0.15, 0.2) is 12.4 Å². The molecule has 0 unspecified atom stereocenters. The van der Waals surface area contributed by atoms with E-state index in [2.05, 4.69) is 22.3 Å². The van der Waals surface area contributed by atoms with Gasteiger partial charge in [0.25, 0.3) is 5.91 Å². The molecule has 1 amide bonds. The summed E-state index contributed by atoms with van der Waals surface area (Å²) in [5.41, 5.74) is 1.70. The molecule has 0 radical (unpaired) electrons. The summed E-state index contributed by atoms with van der Waals surface area (Å²) < 4.78 is 1.76. The van der Waals surface area contributed by atoms with E-state index in [9.17, 15) is 4.79 Å². The molecule has 1 fully saturated rings. The molecule has 1 aliphatic rings. The van der Waals surface area contributed by atoms with E-state index < -0.39 is 0 Å². The van der Waals surface area contributed by atoms with E-state index in [0.29, 0.717) is 12.5 Å². The Morgan fingerprint density at radius 3 is 2.87 bits per heavy atom. The van der Waals surface area contributed by atoms with Crippen LogP contribution in [0.5, 0.6) is 0 Å². The van der Waals surface area contributed by atoms with Gasteiger partial charge in [-0.1, -0.05) is 26.2 Å². The van der Waals surface area contributed by atoms with Crippen molar-refractivity contribution < 1.29 is 4.79 Å². The van der Waals surface area contributed by atoms with Crippen LogP contribution in [0, 0.1) is 0 Å². The molecule has 0 atom stereocenters. The fourth-order valence-corrected chi connectivity index (χ4v) is 4.00. The maximum Gasteiger partial charge on any atom is 0.255 e. The number of carbonyl (C=O) groups excluding carboxylic acids is 1. The van der Waals surface area contributed by atoms with Crippen molar-refractivity contribution in [3.8, 4) is 0 Å². The van der Waals surface area contributed by atoms with Crippen LogP contribution in [0.1, 0.15) is 70.9 Å². The van der Waals surface area contributed by atoms with Crippen molar-refractivity contribution in [1.82, 2.24) is 20.1 Å². The average Bonchev–Trinajstić information content (AvgIpc) is 3.19. The normalized spacial score (nSPS) is 15.7. The maximum absolute atomic E-state index is 12.6. The van der Waals surface area contributed by atoms with Crippen molar-refractivity contribution in [3.63, 3.8) is 0 Å². The Bertz CT molecular complexity index is 670. The first kappa shape index (κ1) is 16.2. The lowest BCUT2D eigenvalue weighted by molar-refractivity contribution is 0.0949. The molecule has 6 heteroatoms. The Hall–Kier alpha value is -1.69. The second-order valence-electron chi connectivity index (χ2n) is 6.19. The van der Waals surface area contributed by atoms with E-state index in [1.54, 1.807) is 16.0 Å². The molecule has 1 N–H and O–H groups in total. The Morgan fingerprint density at radius 1 is 1.39 bits per heavy atom. The molecule has 0 bridgehead atoms. The highest BCUT2D eigenvalue weighted by Gasteiger charge is 2.24. The van der Waals surface area contributed by atoms with E-state index >= 15 is 0 Å². The van der Waals surface area contributed by atoms with Crippen molar-refractivity contribution in [1.29, 1.82) is 0 Å². The summed E-state index contributed by atoms with van der Waals surface area (Å²) in [6, 6.07) is 0. The highest BCUT2D eigenvalue weighted by molar-refractivity contribution is 7.11. The van der Waals surface area contributed by atoms with Crippen LogP contribution >= 0.6 is 11.3 Å². The Kier molecular flexibility index (Phi) is 5.10. The van der Waals surface area contributed by atoms with Crippen LogP contribution in [0.3, 0.4) is 0 Å². The maximum atomic E-state index is 12.6. The van der Waals surface area contributed by atoms with Gasteiger partial charge in [0.1, 0.15) is 5.01 Å². The molecule has 2 heterocycles. The first-order valence-electron chi connectivity index (χ1n) is 8.42. The molecule has 0 aromatic carbocycles. The number of hydrogen-bond acceptors (Lipinski definition) is 4. The number of aryl methyl sites for hydroxylation is 2. The van der Waals surface area contributed by atoms with E-state index in [-0.39, 0.29) is 5.91 Å². The van der Waals surface area contributed by atoms with Gasteiger partial charge in [-0.15, -0.1) is 11.3 Å². The van der Waals surface area contributed by atoms with Crippen molar-refractivity contribution in [3.05, 3.63) is 33.5 Å². The molecule has 124 valence electrons. The molecular weight excluding hydrogens is 308 g/mol. The molecule has 3 rings (SSSR count). The first-order valence-corrected chi connectivity index (χ1v) is 9.24. The van der Waals surface area contributed by atoms with Gasteiger partial charge in [-0.25, -0.2) is 4.98 Å². The predicted molar refractivity (Wildman–Crippen MR) is 91.7 cm³/mol. The third-order valence-corrected chi connectivity index (χ3v) is 5.59. The number of amides is 1. The van der Waals surface area contributed by atoms with Gasteiger partial charge in [-0.2, -0.15) is 5.10 Å². The minimum Gasteiger partial charge on any atom is -0.345 e. The van der Waals surface area contributed by atoms with Gasteiger partial charge in [0.15, 0.2) is 0 Å². The average molecular weight is 332 g/mol. The van der Waals surface area contributed by atoms with Crippen molar-refractivity contribution in [2.75, 3.05) is 0 Å². The molecule has 5 nitrogen and oxygen atoms in total. The topological polar surface area (TPSA) is 59.8 Å². The summed E-state index contributed by atoms with van der Waals surface area (Å²) >= 11 is 1.66. The van der Waals surface area contributed by atoms with Crippen molar-refractivity contribution in [2.24, 2.45) is 7.05 Å². The van der Waals surface area contributed by atoms with E-state index in [4.69, 9.17) is 0 Å². The standard InChI is InChI=1S/C17H24N4OS/c1-3-13-9-18-15(23-13)10-19-17(22)14-11-21(2)20-16(14)12-7-5-4-6-8-12/h9,11-12H,3-8,10H2,1-2H3,(H,19,22). The summed E-state index contributed by atoms with van der Waals surface area (Å²) in [4.78, 5) is 18.2. The molecule has 0 aliphatic heterocycles. The van der Waals surface area contributed by atoms with Crippen molar-refractivity contribution in [2.45, 2.75) is 57.9 Å². The SMILES string of the molecule is CCc1cnc(CNC(=O)c2cn(C)nc2C2CCCCC2)s1. The molecule has 1 saturated carbocycles. The smallest absolute Gasteiger partial charge is 0.255 e. The molecule has 23 heavy (non-hydrogen) atoms. The summed E-state index contributed by atoms with van der Waals surface area (Å²) in [6.45, 7) is 2.60. The summed E-state index contributed by atoms with van der Waals surface area (Å²) in [5, 5.41) is 8.53. The zero-order chi connectivity index (χ0) is 16.2. The quantitative estimate of drug-likeness (QED) is 0.912.